The zero-order valence-electron chi connectivity index (χ0n) is 13.3. The smallest absolute Gasteiger partial charge is 0.336 e. The molecule has 0 fully saturated rings. The molecule has 1 unspecified atom stereocenters. The zero-order chi connectivity index (χ0) is 16.9. The van der Waals surface area contributed by atoms with Gasteiger partial charge in [-0.1, -0.05) is 20.8 Å². The summed E-state index contributed by atoms with van der Waals surface area (Å²) in [7, 11) is 1.30. The van der Waals surface area contributed by atoms with Crippen LogP contribution in [0.15, 0.2) is 18.2 Å². The number of carbonyl (C=O) groups excluding carboxylic acids is 1. The third kappa shape index (κ3) is 5.44. The Hall–Kier alpha value is -1.95. The minimum atomic E-state index is -1.14. The first-order chi connectivity index (χ1) is 10.1. The first-order valence-electron chi connectivity index (χ1n) is 6.97. The van der Waals surface area contributed by atoms with Crippen LogP contribution in [-0.2, 0) is 16.1 Å². The second kappa shape index (κ2) is 7.35. The maximum atomic E-state index is 13.3. The van der Waals surface area contributed by atoms with Crippen molar-refractivity contribution in [2.45, 2.75) is 39.8 Å². The number of aromatic carboxylic acids is 1. The van der Waals surface area contributed by atoms with Crippen molar-refractivity contribution < 1.29 is 23.8 Å². The molecule has 0 aliphatic rings. The molecule has 1 atom stereocenters. The minimum absolute atomic E-state index is 0.00766. The zero-order valence-corrected chi connectivity index (χ0v) is 13.3. The molecule has 1 aromatic rings. The summed E-state index contributed by atoms with van der Waals surface area (Å²) >= 11 is 0. The van der Waals surface area contributed by atoms with E-state index in [4.69, 9.17) is 9.84 Å². The number of esters is 1. The molecule has 0 aliphatic carbocycles. The van der Waals surface area contributed by atoms with E-state index in [1.165, 1.54) is 13.2 Å². The van der Waals surface area contributed by atoms with E-state index < -0.39 is 23.8 Å². The molecule has 22 heavy (non-hydrogen) atoms. The Morgan fingerprint density at radius 2 is 2.00 bits per heavy atom. The lowest BCUT2D eigenvalue weighted by molar-refractivity contribution is -0.144. The lowest BCUT2D eigenvalue weighted by Crippen LogP contribution is -2.40. The van der Waals surface area contributed by atoms with Gasteiger partial charge in [0, 0.05) is 6.54 Å². The van der Waals surface area contributed by atoms with Gasteiger partial charge in [0.25, 0.3) is 0 Å². The van der Waals surface area contributed by atoms with Gasteiger partial charge in [0.2, 0.25) is 0 Å². The highest BCUT2D eigenvalue weighted by Gasteiger charge is 2.25. The summed E-state index contributed by atoms with van der Waals surface area (Å²) in [5.74, 6) is -2.09. The first-order valence-corrected chi connectivity index (χ1v) is 6.97. The maximum absolute atomic E-state index is 13.3. The highest BCUT2D eigenvalue weighted by Crippen LogP contribution is 2.22. The molecular formula is C16H22FNO4. The molecule has 0 radical (unpaired) electrons. The molecule has 1 rings (SSSR count). The molecule has 0 spiro atoms. The highest BCUT2D eigenvalue weighted by atomic mass is 19.1. The highest BCUT2D eigenvalue weighted by molar-refractivity contribution is 5.89. The number of carboxylic acid groups (broad SMARTS) is 1. The van der Waals surface area contributed by atoms with Crippen molar-refractivity contribution in [2.75, 3.05) is 7.11 Å². The van der Waals surface area contributed by atoms with Crippen molar-refractivity contribution in [3.8, 4) is 0 Å². The van der Waals surface area contributed by atoms with Crippen LogP contribution in [-0.4, -0.2) is 30.2 Å². The third-order valence-electron chi connectivity index (χ3n) is 3.14. The Bertz CT molecular complexity index is 552. The Labute approximate surface area is 129 Å². The van der Waals surface area contributed by atoms with Gasteiger partial charge in [0.15, 0.2) is 0 Å². The molecule has 0 aliphatic heterocycles. The summed E-state index contributed by atoms with van der Waals surface area (Å²) in [5.41, 5.74) is 0.173. The van der Waals surface area contributed by atoms with Crippen LogP contribution in [0.4, 0.5) is 4.39 Å². The fourth-order valence-electron chi connectivity index (χ4n) is 2.14. The van der Waals surface area contributed by atoms with Gasteiger partial charge < -0.3 is 15.2 Å². The minimum Gasteiger partial charge on any atom is -0.478 e. The van der Waals surface area contributed by atoms with E-state index in [0.717, 1.165) is 12.1 Å². The number of carboxylic acids is 1. The molecule has 122 valence electrons. The van der Waals surface area contributed by atoms with E-state index >= 15 is 0 Å². The van der Waals surface area contributed by atoms with Gasteiger partial charge in [0.05, 0.1) is 12.7 Å². The molecule has 2 N–H and O–H groups in total. The summed E-state index contributed by atoms with van der Waals surface area (Å²) in [5, 5.41) is 12.1. The van der Waals surface area contributed by atoms with Crippen LogP contribution in [0.5, 0.6) is 0 Å². The van der Waals surface area contributed by atoms with E-state index in [1.54, 1.807) is 0 Å². The van der Waals surface area contributed by atoms with Crippen molar-refractivity contribution in [3.63, 3.8) is 0 Å². The van der Waals surface area contributed by atoms with Gasteiger partial charge in [-0.15, -0.1) is 0 Å². The number of hydrogen-bond donors (Lipinski definition) is 2. The average Bonchev–Trinajstić information content (AvgIpc) is 2.41. The summed E-state index contributed by atoms with van der Waals surface area (Å²) in [4.78, 5) is 23.0. The molecule has 0 amide bonds. The van der Waals surface area contributed by atoms with Gasteiger partial charge in [-0.05, 0) is 35.6 Å². The Balaban J connectivity index is 2.91. The second-order valence-corrected chi connectivity index (χ2v) is 6.33. The van der Waals surface area contributed by atoms with Gasteiger partial charge in [-0.3, -0.25) is 4.79 Å². The van der Waals surface area contributed by atoms with Gasteiger partial charge in [-0.2, -0.15) is 0 Å². The molecule has 0 bridgehead atoms. The number of halogens is 1. The molecule has 0 heterocycles. The monoisotopic (exact) mass is 311 g/mol. The average molecular weight is 311 g/mol. The first kappa shape index (κ1) is 18.1. The number of ether oxygens (including phenoxy) is 1. The lowest BCUT2D eigenvalue weighted by atomic mass is 9.88. The molecule has 0 aromatic heterocycles. The molecule has 0 saturated carbocycles. The number of carbonyl (C=O) groups is 2. The quantitative estimate of drug-likeness (QED) is 0.790. The second-order valence-electron chi connectivity index (χ2n) is 6.33. The SMILES string of the molecule is COC(=O)C(CC(C)(C)C)NCc1cc(F)ccc1C(=O)O. The van der Waals surface area contributed by atoms with E-state index in [1.807, 2.05) is 20.8 Å². The number of hydrogen-bond acceptors (Lipinski definition) is 4. The van der Waals surface area contributed by atoms with Crippen LogP contribution in [0.3, 0.4) is 0 Å². The fourth-order valence-corrected chi connectivity index (χ4v) is 2.14. The van der Waals surface area contributed by atoms with Crippen molar-refractivity contribution >= 4 is 11.9 Å². The predicted octanol–water partition coefficient (Wildman–Crippen LogP) is 2.59. The lowest BCUT2D eigenvalue weighted by Gasteiger charge is -2.25. The maximum Gasteiger partial charge on any atom is 0.336 e. The molecular weight excluding hydrogens is 289 g/mol. The summed E-state index contributed by atoms with van der Waals surface area (Å²) in [6, 6.07) is 2.88. The molecule has 5 nitrogen and oxygen atoms in total. The van der Waals surface area contributed by atoms with Crippen LogP contribution in [0.2, 0.25) is 0 Å². The van der Waals surface area contributed by atoms with E-state index in [-0.39, 0.29) is 23.1 Å². The number of benzene rings is 1. The normalized spacial score (nSPS) is 12.8. The Morgan fingerprint density at radius 3 is 2.50 bits per heavy atom. The van der Waals surface area contributed by atoms with Gasteiger partial charge in [0.1, 0.15) is 11.9 Å². The van der Waals surface area contributed by atoms with Crippen LogP contribution >= 0.6 is 0 Å². The van der Waals surface area contributed by atoms with Gasteiger partial charge >= 0.3 is 11.9 Å². The molecule has 0 saturated heterocycles. The van der Waals surface area contributed by atoms with Crippen LogP contribution in [0.1, 0.15) is 43.1 Å². The fraction of sp³-hybridized carbons (Fsp3) is 0.500. The summed E-state index contributed by atoms with van der Waals surface area (Å²) in [6.07, 6.45) is 0.511. The van der Waals surface area contributed by atoms with Crippen molar-refractivity contribution in [2.24, 2.45) is 5.41 Å². The van der Waals surface area contributed by atoms with E-state index in [9.17, 15) is 14.0 Å². The standard InChI is InChI=1S/C16H22FNO4/c1-16(2,3)8-13(15(21)22-4)18-9-10-7-11(17)5-6-12(10)14(19)20/h5-7,13,18H,8-9H2,1-4H3,(H,19,20). The summed E-state index contributed by atoms with van der Waals surface area (Å²) < 4.78 is 18.1. The van der Waals surface area contributed by atoms with Crippen LogP contribution in [0.25, 0.3) is 0 Å². The topological polar surface area (TPSA) is 75.6 Å². The number of methoxy groups -OCH3 is 1. The third-order valence-corrected chi connectivity index (χ3v) is 3.14. The number of nitrogens with one attached hydrogen (secondary N) is 1. The van der Waals surface area contributed by atoms with E-state index in [2.05, 4.69) is 5.32 Å². The Kier molecular flexibility index (Phi) is 6.05. The summed E-state index contributed by atoms with van der Waals surface area (Å²) in [6.45, 7) is 6.01. The van der Waals surface area contributed by atoms with Crippen molar-refractivity contribution in [1.29, 1.82) is 0 Å². The van der Waals surface area contributed by atoms with Crippen molar-refractivity contribution in [1.82, 2.24) is 5.32 Å². The van der Waals surface area contributed by atoms with Crippen LogP contribution in [0, 0.1) is 11.2 Å². The Morgan fingerprint density at radius 1 is 1.36 bits per heavy atom. The largest absolute Gasteiger partial charge is 0.478 e. The van der Waals surface area contributed by atoms with E-state index in [0.29, 0.717) is 6.42 Å². The van der Waals surface area contributed by atoms with Gasteiger partial charge in [-0.25, -0.2) is 9.18 Å². The molecule has 1 aromatic carbocycles. The molecule has 6 heteroatoms. The predicted molar refractivity (Wildman–Crippen MR) is 80.1 cm³/mol. The van der Waals surface area contributed by atoms with Crippen LogP contribution < -0.4 is 5.32 Å². The van der Waals surface area contributed by atoms with Crippen molar-refractivity contribution in [3.05, 3.63) is 35.1 Å². The number of rotatable bonds is 6.